The quantitative estimate of drug-likeness (QED) is 0.838. The van der Waals surface area contributed by atoms with E-state index in [1.54, 1.807) is 0 Å². The Bertz CT molecular complexity index is 489. The minimum atomic E-state index is -3.06. The van der Waals surface area contributed by atoms with Crippen molar-refractivity contribution in [3.05, 3.63) is 0 Å². The third-order valence-corrected chi connectivity index (χ3v) is 7.11. The van der Waals surface area contributed by atoms with Crippen molar-refractivity contribution in [3.63, 3.8) is 0 Å². The van der Waals surface area contributed by atoms with Crippen LogP contribution >= 0.6 is 0 Å². The summed E-state index contributed by atoms with van der Waals surface area (Å²) in [4.78, 5) is 13.1. The summed E-state index contributed by atoms with van der Waals surface area (Å²) in [5, 5.41) is 9.00. The lowest BCUT2D eigenvalue weighted by molar-refractivity contribution is -0.138. The van der Waals surface area contributed by atoms with Crippen LogP contribution in [0.3, 0.4) is 0 Å². The van der Waals surface area contributed by atoms with Crippen molar-refractivity contribution in [2.75, 3.05) is 24.6 Å². The Kier molecular flexibility index (Phi) is 3.79. The summed E-state index contributed by atoms with van der Waals surface area (Å²) in [6.45, 7) is 1.41. The molecular formula is C14H23NO4S. The minimum Gasteiger partial charge on any atom is -0.481 e. The number of carbonyl (C=O) groups is 1. The zero-order chi connectivity index (χ0) is 14.3. The molecule has 1 heterocycles. The molecule has 3 fully saturated rings. The van der Waals surface area contributed by atoms with Crippen molar-refractivity contribution in [2.24, 2.45) is 17.8 Å². The lowest BCUT2D eigenvalue weighted by Crippen LogP contribution is -2.51. The highest BCUT2D eigenvalue weighted by Crippen LogP contribution is 2.48. The first-order valence-corrected chi connectivity index (χ1v) is 9.41. The second kappa shape index (κ2) is 5.30. The number of aliphatic carboxylic acids is 1. The number of carboxylic acids is 1. The van der Waals surface area contributed by atoms with Gasteiger partial charge in [0.15, 0.2) is 9.84 Å². The first-order chi connectivity index (χ1) is 9.43. The van der Waals surface area contributed by atoms with E-state index in [4.69, 9.17) is 5.11 Å². The Morgan fingerprint density at radius 3 is 2.65 bits per heavy atom. The summed E-state index contributed by atoms with van der Waals surface area (Å²) in [7, 11) is -3.06. The van der Waals surface area contributed by atoms with Gasteiger partial charge in [0.25, 0.3) is 0 Å². The van der Waals surface area contributed by atoms with E-state index in [-0.39, 0.29) is 24.0 Å². The van der Waals surface area contributed by atoms with E-state index in [1.165, 1.54) is 25.7 Å². The van der Waals surface area contributed by atoms with Crippen LogP contribution in [0, 0.1) is 17.8 Å². The van der Waals surface area contributed by atoms with Crippen molar-refractivity contribution in [1.29, 1.82) is 0 Å². The van der Waals surface area contributed by atoms with Gasteiger partial charge in [-0.2, -0.15) is 0 Å². The monoisotopic (exact) mass is 301 g/mol. The number of fused-ring (bicyclic) bond motifs is 2. The van der Waals surface area contributed by atoms with E-state index in [2.05, 4.69) is 4.90 Å². The van der Waals surface area contributed by atoms with Crippen molar-refractivity contribution in [1.82, 2.24) is 4.90 Å². The average Bonchev–Trinajstić information content (AvgIpc) is 2.93. The fourth-order valence-corrected chi connectivity index (χ4v) is 6.05. The molecule has 0 aromatic carbocycles. The Morgan fingerprint density at radius 2 is 2.05 bits per heavy atom. The standard InChI is InChI=1S/C14H23NO4S/c16-14(17)7-13-9-20(18,19)4-3-15(13)8-12-6-10-1-2-11(12)5-10/h10-13H,1-9H2,(H,16,17). The zero-order valence-electron chi connectivity index (χ0n) is 11.7. The highest BCUT2D eigenvalue weighted by atomic mass is 32.2. The third kappa shape index (κ3) is 3.01. The zero-order valence-corrected chi connectivity index (χ0v) is 12.5. The molecule has 2 bridgehead atoms. The molecule has 1 aliphatic heterocycles. The van der Waals surface area contributed by atoms with Crippen molar-refractivity contribution >= 4 is 15.8 Å². The molecule has 2 saturated carbocycles. The van der Waals surface area contributed by atoms with Gasteiger partial charge < -0.3 is 5.11 Å². The van der Waals surface area contributed by atoms with E-state index in [9.17, 15) is 13.2 Å². The Labute approximate surface area is 120 Å². The SMILES string of the molecule is O=C(O)CC1CS(=O)(=O)CCN1CC1CC2CCC1C2. The predicted octanol–water partition coefficient (Wildman–Crippen LogP) is 0.996. The molecule has 0 spiro atoms. The molecule has 4 atom stereocenters. The summed E-state index contributed by atoms with van der Waals surface area (Å²) < 4.78 is 23.5. The smallest absolute Gasteiger partial charge is 0.304 e. The normalized spacial score (nSPS) is 40.0. The fourth-order valence-electron chi connectivity index (χ4n) is 4.45. The van der Waals surface area contributed by atoms with Crippen LogP contribution in [0.25, 0.3) is 0 Å². The summed E-state index contributed by atoms with van der Waals surface area (Å²) in [5.74, 6) is 1.63. The van der Waals surface area contributed by atoms with Crippen LogP contribution in [0.5, 0.6) is 0 Å². The molecule has 3 aliphatic rings. The van der Waals surface area contributed by atoms with Crippen LogP contribution in [-0.2, 0) is 14.6 Å². The molecule has 3 rings (SSSR count). The van der Waals surface area contributed by atoms with Crippen molar-refractivity contribution in [3.8, 4) is 0 Å². The van der Waals surface area contributed by atoms with Gasteiger partial charge in [-0.3, -0.25) is 9.69 Å². The van der Waals surface area contributed by atoms with Gasteiger partial charge in [0, 0.05) is 19.1 Å². The molecule has 0 amide bonds. The molecule has 4 unspecified atom stereocenters. The van der Waals surface area contributed by atoms with E-state index < -0.39 is 15.8 Å². The molecule has 1 N–H and O–H groups in total. The Balaban J connectivity index is 1.65. The molecule has 0 aromatic heterocycles. The van der Waals surface area contributed by atoms with Crippen LogP contribution in [0.15, 0.2) is 0 Å². The number of carboxylic acid groups (broad SMARTS) is 1. The molecule has 0 radical (unpaired) electrons. The van der Waals surface area contributed by atoms with E-state index in [0.29, 0.717) is 12.5 Å². The van der Waals surface area contributed by atoms with Gasteiger partial charge in [-0.25, -0.2) is 8.42 Å². The van der Waals surface area contributed by atoms with Gasteiger partial charge in [0.2, 0.25) is 0 Å². The summed E-state index contributed by atoms with van der Waals surface area (Å²) in [6, 6.07) is -0.328. The van der Waals surface area contributed by atoms with Crippen LogP contribution < -0.4 is 0 Å². The Morgan fingerprint density at radius 1 is 1.25 bits per heavy atom. The maximum atomic E-state index is 11.7. The number of nitrogens with zero attached hydrogens (tertiary/aromatic N) is 1. The van der Waals surface area contributed by atoms with Gasteiger partial charge in [0.1, 0.15) is 0 Å². The van der Waals surface area contributed by atoms with E-state index >= 15 is 0 Å². The van der Waals surface area contributed by atoms with E-state index in [0.717, 1.165) is 18.4 Å². The van der Waals surface area contributed by atoms with Gasteiger partial charge in [-0.1, -0.05) is 6.42 Å². The molecule has 114 valence electrons. The van der Waals surface area contributed by atoms with Gasteiger partial charge >= 0.3 is 5.97 Å². The number of rotatable bonds is 4. The maximum Gasteiger partial charge on any atom is 0.304 e. The van der Waals surface area contributed by atoms with Crippen LogP contribution in [0.2, 0.25) is 0 Å². The molecule has 1 saturated heterocycles. The molecule has 20 heavy (non-hydrogen) atoms. The Hall–Kier alpha value is -0.620. The second-order valence-electron chi connectivity index (χ2n) is 6.80. The predicted molar refractivity (Wildman–Crippen MR) is 75.2 cm³/mol. The maximum absolute atomic E-state index is 11.7. The van der Waals surface area contributed by atoms with Crippen LogP contribution in [0.4, 0.5) is 0 Å². The van der Waals surface area contributed by atoms with E-state index in [1.807, 2.05) is 0 Å². The summed E-state index contributed by atoms with van der Waals surface area (Å²) in [6.07, 6.45) is 5.20. The second-order valence-corrected chi connectivity index (χ2v) is 9.02. The summed E-state index contributed by atoms with van der Waals surface area (Å²) in [5.41, 5.74) is 0. The molecule has 6 heteroatoms. The van der Waals surface area contributed by atoms with Gasteiger partial charge in [0.05, 0.1) is 17.9 Å². The van der Waals surface area contributed by atoms with Crippen LogP contribution in [-0.4, -0.2) is 55.0 Å². The molecule has 0 aromatic rings. The van der Waals surface area contributed by atoms with Gasteiger partial charge in [-0.15, -0.1) is 0 Å². The first kappa shape index (κ1) is 14.3. The largest absolute Gasteiger partial charge is 0.481 e. The minimum absolute atomic E-state index is 0.0140. The number of hydrogen-bond acceptors (Lipinski definition) is 4. The van der Waals surface area contributed by atoms with Crippen LogP contribution in [0.1, 0.15) is 32.1 Å². The van der Waals surface area contributed by atoms with Gasteiger partial charge in [-0.05, 0) is 37.0 Å². The highest BCUT2D eigenvalue weighted by molar-refractivity contribution is 7.91. The number of sulfone groups is 1. The van der Waals surface area contributed by atoms with Crippen molar-refractivity contribution < 1.29 is 18.3 Å². The lowest BCUT2D eigenvalue weighted by Gasteiger charge is -2.38. The number of hydrogen-bond donors (Lipinski definition) is 1. The summed E-state index contributed by atoms with van der Waals surface area (Å²) >= 11 is 0. The molecular weight excluding hydrogens is 278 g/mol. The first-order valence-electron chi connectivity index (χ1n) is 7.59. The van der Waals surface area contributed by atoms with Crippen molar-refractivity contribution in [2.45, 2.75) is 38.1 Å². The average molecular weight is 301 g/mol. The lowest BCUT2D eigenvalue weighted by atomic mass is 9.88. The third-order valence-electron chi connectivity index (χ3n) is 5.42. The highest BCUT2D eigenvalue weighted by Gasteiger charge is 2.42. The fraction of sp³-hybridized carbons (Fsp3) is 0.929. The molecule has 5 nitrogen and oxygen atoms in total. The molecule has 2 aliphatic carbocycles. The topological polar surface area (TPSA) is 74.7 Å².